The third kappa shape index (κ3) is 10.2. The van der Waals surface area contributed by atoms with E-state index in [1.165, 1.54) is 0 Å². The second-order valence-electron chi connectivity index (χ2n) is 5.04. The molecule has 0 unspecified atom stereocenters. The summed E-state index contributed by atoms with van der Waals surface area (Å²) >= 11 is 0. The summed E-state index contributed by atoms with van der Waals surface area (Å²) in [7, 11) is -2.78. The molecule has 0 spiro atoms. The Bertz CT molecular complexity index is 252. The fraction of sp³-hybridized carbons (Fsp3) is 1.00. The van der Waals surface area contributed by atoms with Gasteiger partial charge in [-0.15, -0.1) is 0 Å². The van der Waals surface area contributed by atoms with Crippen LogP contribution in [0.5, 0.6) is 0 Å². The van der Waals surface area contributed by atoms with Gasteiger partial charge in [0.05, 0.1) is 5.75 Å². The lowest BCUT2D eigenvalue weighted by Gasteiger charge is -2.20. The molecule has 0 radical (unpaired) electrons. The molecule has 0 aromatic carbocycles. The van der Waals surface area contributed by atoms with Crippen LogP contribution in [0.3, 0.4) is 0 Å². The van der Waals surface area contributed by atoms with E-state index >= 15 is 0 Å². The summed E-state index contributed by atoms with van der Waals surface area (Å²) < 4.78 is 22.7. The van der Waals surface area contributed by atoms with Crippen LogP contribution in [0.2, 0.25) is 0 Å². The van der Waals surface area contributed by atoms with Gasteiger partial charge >= 0.3 is 0 Å². The standard InChI is InChI=1S/C11H25NO2S/c1-5-9-15(13,14)10-7-6-8-12-11(2,3)4/h12H,5-10H2,1-4H3. The van der Waals surface area contributed by atoms with E-state index in [1.54, 1.807) is 0 Å². The van der Waals surface area contributed by atoms with Crippen molar-refractivity contribution in [2.75, 3.05) is 18.1 Å². The van der Waals surface area contributed by atoms with Crippen molar-refractivity contribution in [3.05, 3.63) is 0 Å². The number of unbranched alkanes of at least 4 members (excludes halogenated alkanes) is 1. The van der Waals surface area contributed by atoms with Crippen molar-refractivity contribution < 1.29 is 8.42 Å². The molecule has 92 valence electrons. The topological polar surface area (TPSA) is 46.2 Å². The minimum Gasteiger partial charge on any atom is -0.312 e. The molecule has 0 aliphatic carbocycles. The summed E-state index contributed by atoms with van der Waals surface area (Å²) in [5.41, 5.74) is 0.127. The number of nitrogens with one attached hydrogen (secondary N) is 1. The highest BCUT2D eigenvalue weighted by atomic mass is 32.2. The molecule has 3 nitrogen and oxygen atoms in total. The van der Waals surface area contributed by atoms with Gasteiger partial charge in [0.2, 0.25) is 0 Å². The first-order valence-corrected chi connectivity index (χ1v) is 7.54. The van der Waals surface area contributed by atoms with Crippen LogP contribution in [-0.2, 0) is 9.84 Å². The Kier molecular flexibility index (Phi) is 6.44. The molecular weight excluding hydrogens is 210 g/mol. The zero-order chi connectivity index (χ0) is 11.9. The Labute approximate surface area is 94.6 Å². The smallest absolute Gasteiger partial charge is 0.150 e. The third-order valence-electron chi connectivity index (χ3n) is 2.05. The van der Waals surface area contributed by atoms with Crippen molar-refractivity contribution in [3.8, 4) is 0 Å². The van der Waals surface area contributed by atoms with E-state index in [1.807, 2.05) is 6.92 Å². The monoisotopic (exact) mass is 235 g/mol. The zero-order valence-corrected chi connectivity index (χ0v) is 11.3. The van der Waals surface area contributed by atoms with E-state index in [4.69, 9.17) is 0 Å². The second kappa shape index (κ2) is 6.48. The first-order valence-electron chi connectivity index (χ1n) is 5.72. The van der Waals surface area contributed by atoms with Gasteiger partial charge < -0.3 is 5.32 Å². The summed E-state index contributed by atoms with van der Waals surface area (Å²) in [4.78, 5) is 0. The molecule has 4 heteroatoms. The van der Waals surface area contributed by atoms with Gasteiger partial charge in [0.25, 0.3) is 0 Å². The quantitative estimate of drug-likeness (QED) is 0.686. The molecule has 0 saturated heterocycles. The predicted octanol–water partition coefficient (Wildman–Crippen LogP) is 1.98. The van der Waals surface area contributed by atoms with Crippen LogP contribution in [0.15, 0.2) is 0 Å². The lowest BCUT2D eigenvalue weighted by atomic mass is 10.1. The van der Waals surface area contributed by atoms with Crippen molar-refractivity contribution in [1.29, 1.82) is 0 Å². The van der Waals surface area contributed by atoms with Gasteiger partial charge in [-0.1, -0.05) is 6.92 Å². The lowest BCUT2D eigenvalue weighted by Crippen LogP contribution is -2.36. The molecule has 0 amide bonds. The highest BCUT2D eigenvalue weighted by Crippen LogP contribution is 2.02. The van der Waals surface area contributed by atoms with E-state index < -0.39 is 9.84 Å². The van der Waals surface area contributed by atoms with E-state index in [0.717, 1.165) is 25.8 Å². The van der Waals surface area contributed by atoms with Crippen LogP contribution in [0, 0.1) is 0 Å². The lowest BCUT2D eigenvalue weighted by molar-refractivity contribution is 0.421. The van der Waals surface area contributed by atoms with Gasteiger partial charge in [0.15, 0.2) is 0 Å². The summed E-state index contributed by atoms with van der Waals surface area (Å²) in [6, 6.07) is 0. The van der Waals surface area contributed by atoms with E-state index in [2.05, 4.69) is 26.1 Å². The maximum absolute atomic E-state index is 11.4. The minimum absolute atomic E-state index is 0.127. The van der Waals surface area contributed by atoms with Crippen LogP contribution in [-0.4, -0.2) is 32.0 Å². The normalized spacial score (nSPS) is 13.1. The summed E-state index contributed by atoms with van der Waals surface area (Å²) in [6.07, 6.45) is 2.42. The molecule has 0 heterocycles. The van der Waals surface area contributed by atoms with Crippen molar-refractivity contribution in [1.82, 2.24) is 5.32 Å². The van der Waals surface area contributed by atoms with E-state index in [-0.39, 0.29) is 5.54 Å². The Morgan fingerprint density at radius 2 is 1.67 bits per heavy atom. The maximum atomic E-state index is 11.4. The van der Waals surface area contributed by atoms with Crippen LogP contribution in [0.25, 0.3) is 0 Å². The largest absolute Gasteiger partial charge is 0.312 e. The molecule has 0 fully saturated rings. The summed E-state index contributed by atoms with van der Waals surface area (Å²) in [5, 5.41) is 3.35. The SMILES string of the molecule is CCCS(=O)(=O)CCCCNC(C)(C)C. The van der Waals surface area contributed by atoms with Crippen molar-refractivity contribution in [3.63, 3.8) is 0 Å². The molecule has 0 aliphatic heterocycles. The molecule has 15 heavy (non-hydrogen) atoms. The van der Waals surface area contributed by atoms with Crippen molar-refractivity contribution in [2.24, 2.45) is 0 Å². The number of hydrogen-bond donors (Lipinski definition) is 1. The zero-order valence-electron chi connectivity index (χ0n) is 10.5. The van der Waals surface area contributed by atoms with Crippen LogP contribution >= 0.6 is 0 Å². The Morgan fingerprint density at radius 1 is 1.07 bits per heavy atom. The Morgan fingerprint density at radius 3 is 2.13 bits per heavy atom. The molecule has 0 aliphatic rings. The second-order valence-corrected chi connectivity index (χ2v) is 7.34. The molecular formula is C11H25NO2S. The molecule has 0 aromatic heterocycles. The minimum atomic E-state index is -2.78. The van der Waals surface area contributed by atoms with Crippen molar-refractivity contribution >= 4 is 9.84 Å². The first kappa shape index (κ1) is 14.9. The van der Waals surface area contributed by atoms with Crippen LogP contribution in [0.4, 0.5) is 0 Å². The molecule has 0 bridgehead atoms. The predicted molar refractivity (Wildman–Crippen MR) is 65.9 cm³/mol. The van der Waals surface area contributed by atoms with Gasteiger partial charge in [-0.2, -0.15) is 0 Å². The highest BCUT2D eigenvalue weighted by molar-refractivity contribution is 7.91. The maximum Gasteiger partial charge on any atom is 0.150 e. The van der Waals surface area contributed by atoms with Crippen LogP contribution in [0.1, 0.15) is 47.0 Å². The first-order chi connectivity index (χ1) is 6.77. The van der Waals surface area contributed by atoms with Gasteiger partial charge in [-0.25, -0.2) is 8.42 Å². The van der Waals surface area contributed by atoms with Crippen LogP contribution < -0.4 is 5.32 Å². The van der Waals surface area contributed by atoms with E-state index in [0.29, 0.717) is 11.5 Å². The average Bonchev–Trinajstić information content (AvgIpc) is 2.00. The Hall–Kier alpha value is -0.0900. The van der Waals surface area contributed by atoms with E-state index in [9.17, 15) is 8.42 Å². The number of hydrogen-bond acceptors (Lipinski definition) is 3. The molecule has 1 N–H and O–H groups in total. The molecule has 0 atom stereocenters. The van der Waals surface area contributed by atoms with Gasteiger partial charge in [0.1, 0.15) is 9.84 Å². The fourth-order valence-corrected chi connectivity index (χ4v) is 2.79. The molecule has 0 aromatic rings. The summed E-state index contributed by atoms with van der Waals surface area (Å²) in [6.45, 7) is 9.13. The molecule has 0 saturated carbocycles. The van der Waals surface area contributed by atoms with Gasteiger partial charge in [-0.3, -0.25) is 0 Å². The Balaban J connectivity index is 3.55. The average molecular weight is 235 g/mol. The van der Waals surface area contributed by atoms with Gasteiger partial charge in [0, 0.05) is 11.3 Å². The highest BCUT2D eigenvalue weighted by Gasteiger charge is 2.10. The third-order valence-corrected chi connectivity index (χ3v) is 3.99. The fourth-order valence-electron chi connectivity index (χ4n) is 1.32. The molecule has 0 rings (SSSR count). The number of sulfone groups is 1. The summed E-state index contributed by atoms with van der Waals surface area (Å²) in [5.74, 6) is 0.673. The van der Waals surface area contributed by atoms with Crippen molar-refractivity contribution in [2.45, 2.75) is 52.5 Å². The van der Waals surface area contributed by atoms with Gasteiger partial charge in [-0.05, 0) is 46.6 Å². The number of rotatable bonds is 7.